The predicted molar refractivity (Wildman–Crippen MR) is 115 cm³/mol. The topological polar surface area (TPSA) is 76.8 Å². The summed E-state index contributed by atoms with van der Waals surface area (Å²) in [6, 6.07) is 8.29. The number of rotatable bonds is 6. The molecule has 1 aliphatic heterocycles. The highest BCUT2D eigenvalue weighted by molar-refractivity contribution is 5.95. The van der Waals surface area contributed by atoms with Crippen LogP contribution in [-0.4, -0.2) is 60.4 Å². The standard InChI is InChI=1S/C22H29N5O3/c1-15-13-18(17-7-5-8-19(29-4)21(17)23-15)27-10-6-9-26(11-12-27)14-20-24-22(25-30-20)16(2)28-3/h5,7-8,13,16H,6,9-12,14H2,1-4H3. The van der Waals surface area contributed by atoms with Gasteiger partial charge in [0.15, 0.2) is 5.82 Å². The van der Waals surface area contributed by atoms with Gasteiger partial charge in [-0.25, -0.2) is 4.98 Å². The van der Waals surface area contributed by atoms with Gasteiger partial charge in [0.05, 0.1) is 13.7 Å². The van der Waals surface area contributed by atoms with Gasteiger partial charge in [0, 0.05) is 50.1 Å². The molecule has 0 saturated carbocycles. The highest BCUT2D eigenvalue weighted by Gasteiger charge is 2.21. The van der Waals surface area contributed by atoms with Gasteiger partial charge in [-0.1, -0.05) is 17.3 Å². The zero-order valence-electron chi connectivity index (χ0n) is 18.1. The minimum absolute atomic E-state index is 0.165. The Morgan fingerprint density at radius 2 is 2.00 bits per heavy atom. The lowest BCUT2D eigenvalue weighted by Crippen LogP contribution is -2.30. The molecule has 3 heterocycles. The van der Waals surface area contributed by atoms with Crippen LogP contribution in [0.4, 0.5) is 5.69 Å². The predicted octanol–water partition coefficient (Wildman–Crippen LogP) is 3.35. The van der Waals surface area contributed by atoms with Crippen molar-refractivity contribution in [2.24, 2.45) is 0 Å². The molecule has 30 heavy (non-hydrogen) atoms. The minimum Gasteiger partial charge on any atom is -0.494 e. The van der Waals surface area contributed by atoms with Crippen LogP contribution in [-0.2, 0) is 11.3 Å². The summed E-state index contributed by atoms with van der Waals surface area (Å²) in [5, 5.41) is 5.16. The second-order valence-electron chi connectivity index (χ2n) is 7.68. The average Bonchev–Trinajstić information content (AvgIpc) is 3.10. The van der Waals surface area contributed by atoms with E-state index in [-0.39, 0.29) is 6.10 Å². The van der Waals surface area contributed by atoms with Gasteiger partial charge in [0.2, 0.25) is 5.89 Å². The summed E-state index contributed by atoms with van der Waals surface area (Å²) in [7, 11) is 3.34. The fourth-order valence-corrected chi connectivity index (χ4v) is 3.92. The van der Waals surface area contributed by atoms with Gasteiger partial charge < -0.3 is 18.9 Å². The summed E-state index contributed by atoms with van der Waals surface area (Å²) in [6.07, 6.45) is 0.893. The van der Waals surface area contributed by atoms with E-state index >= 15 is 0 Å². The molecule has 1 fully saturated rings. The van der Waals surface area contributed by atoms with Crippen molar-refractivity contribution >= 4 is 16.6 Å². The first-order valence-corrected chi connectivity index (χ1v) is 10.4. The number of anilines is 1. The molecule has 0 N–H and O–H groups in total. The molecule has 0 radical (unpaired) electrons. The molecule has 1 aromatic carbocycles. The average molecular weight is 412 g/mol. The van der Waals surface area contributed by atoms with Crippen LogP contribution in [0.25, 0.3) is 10.9 Å². The molecule has 3 aromatic rings. The van der Waals surface area contributed by atoms with E-state index < -0.39 is 0 Å². The van der Waals surface area contributed by atoms with Gasteiger partial charge in [-0.3, -0.25) is 4.90 Å². The lowest BCUT2D eigenvalue weighted by Gasteiger charge is -2.25. The van der Waals surface area contributed by atoms with Gasteiger partial charge in [-0.05, 0) is 32.4 Å². The molecule has 1 atom stereocenters. The summed E-state index contributed by atoms with van der Waals surface area (Å²) >= 11 is 0. The van der Waals surface area contributed by atoms with Crippen molar-refractivity contribution in [3.05, 3.63) is 41.7 Å². The van der Waals surface area contributed by atoms with Gasteiger partial charge in [-0.15, -0.1) is 0 Å². The van der Waals surface area contributed by atoms with Crippen LogP contribution in [0.15, 0.2) is 28.8 Å². The first-order chi connectivity index (χ1) is 14.6. The highest BCUT2D eigenvalue weighted by atomic mass is 16.5. The Hall–Kier alpha value is -2.71. The number of hydrogen-bond donors (Lipinski definition) is 0. The van der Waals surface area contributed by atoms with Crippen molar-refractivity contribution < 1.29 is 14.0 Å². The van der Waals surface area contributed by atoms with Gasteiger partial charge >= 0.3 is 0 Å². The molecule has 4 rings (SSSR count). The van der Waals surface area contributed by atoms with E-state index in [1.54, 1.807) is 14.2 Å². The second-order valence-corrected chi connectivity index (χ2v) is 7.68. The third-order valence-corrected chi connectivity index (χ3v) is 5.62. The fraction of sp³-hybridized carbons (Fsp3) is 0.500. The first kappa shape index (κ1) is 20.6. The summed E-state index contributed by atoms with van der Waals surface area (Å²) in [6.45, 7) is 8.42. The van der Waals surface area contributed by atoms with Crippen LogP contribution in [0, 0.1) is 6.92 Å². The Balaban J connectivity index is 1.50. The molecule has 0 amide bonds. The molecule has 1 unspecified atom stereocenters. The molecular formula is C22H29N5O3. The quantitative estimate of drug-likeness (QED) is 0.611. The minimum atomic E-state index is -0.165. The molecule has 1 aliphatic rings. The van der Waals surface area contributed by atoms with Crippen LogP contribution in [0.5, 0.6) is 5.75 Å². The van der Waals surface area contributed by atoms with E-state index in [0.29, 0.717) is 18.3 Å². The first-order valence-electron chi connectivity index (χ1n) is 10.4. The van der Waals surface area contributed by atoms with Crippen molar-refractivity contribution in [3.63, 3.8) is 0 Å². The summed E-state index contributed by atoms with van der Waals surface area (Å²) < 4.78 is 16.2. The largest absolute Gasteiger partial charge is 0.494 e. The monoisotopic (exact) mass is 411 g/mol. The molecule has 0 aliphatic carbocycles. The molecule has 2 aromatic heterocycles. The Kier molecular flexibility index (Phi) is 6.15. The third kappa shape index (κ3) is 4.24. The zero-order chi connectivity index (χ0) is 21.1. The van der Waals surface area contributed by atoms with Gasteiger partial charge in [0.1, 0.15) is 17.4 Å². The number of hydrogen-bond acceptors (Lipinski definition) is 8. The maximum Gasteiger partial charge on any atom is 0.240 e. The van der Waals surface area contributed by atoms with E-state index in [2.05, 4.69) is 32.1 Å². The molecule has 0 bridgehead atoms. The van der Waals surface area contributed by atoms with E-state index in [1.807, 2.05) is 26.0 Å². The summed E-state index contributed by atoms with van der Waals surface area (Å²) in [5.41, 5.74) is 3.13. The van der Waals surface area contributed by atoms with E-state index in [1.165, 1.54) is 5.69 Å². The Bertz CT molecular complexity index is 1010. The van der Waals surface area contributed by atoms with Crippen LogP contribution < -0.4 is 9.64 Å². The SMILES string of the molecule is COc1cccc2c(N3CCCN(Cc4nc(C(C)OC)no4)CC3)cc(C)nc12. The van der Waals surface area contributed by atoms with Crippen LogP contribution in [0.2, 0.25) is 0 Å². The van der Waals surface area contributed by atoms with Crippen molar-refractivity contribution in [1.29, 1.82) is 0 Å². The maximum atomic E-state index is 5.54. The number of aryl methyl sites for hydroxylation is 1. The number of aromatic nitrogens is 3. The Morgan fingerprint density at radius 3 is 2.80 bits per heavy atom. The third-order valence-electron chi connectivity index (χ3n) is 5.62. The number of ether oxygens (including phenoxy) is 2. The maximum absolute atomic E-state index is 5.54. The Morgan fingerprint density at radius 1 is 1.13 bits per heavy atom. The van der Waals surface area contributed by atoms with E-state index in [4.69, 9.17) is 19.0 Å². The lowest BCUT2D eigenvalue weighted by molar-refractivity contribution is 0.109. The van der Waals surface area contributed by atoms with Gasteiger partial charge in [0.25, 0.3) is 0 Å². The number of benzene rings is 1. The molecular weight excluding hydrogens is 382 g/mol. The number of fused-ring (bicyclic) bond motifs is 1. The highest BCUT2D eigenvalue weighted by Crippen LogP contribution is 2.32. The molecule has 160 valence electrons. The number of pyridine rings is 1. The normalized spacial score (nSPS) is 16.6. The van der Waals surface area contributed by atoms with E-state index in [9.17, 15) is 0 Å². The fourth-order valence-electron chi connectivity index (χ4n) is 3.92. The lowest BCUT2D eigenvalue weighted by atomic mass is 10.1. The molecule has 8 heteroatoms. The number of nitrogens with zero attached hydrogens (tertiary/aromatic N) is 5. The number of para-hydroxylation sites is 1. The summed E-state index contributed by atoms with van der Waals surface area (Å²) in [4.78, 5) is 14.0. The van der Waals surface area contributed by atoms with Gasteiger partial charge in [-0.2, -0.15) is 4.98 Å². The molecule has 8 nitrogen and oxygen atoms in total. The van der Waals surface area contributed by atoms with Crippen molar-refractivity contribution in [1.82, 2.24) is 20.0 Å². The zero-order valence-corrected chi connectivity index (χ0v) is 18.1. The van der Waals surface area contributed by atoms with Crippen LogP contribution in [0.1, 0.15) is 36.9 Å². The van der Waals surface area contributed by atoms with Crippen molar-refractivity contribution in [2.45, 2.75) is 32.9 Å². The van der Waals surface area contributed by atoms with Crippen molar-refractivity contribution in [3.8, 4) is 5.75 Å². The van der Waals surface area contributed by atoms with Crippen LogP contribution in [0.3, 0.4) is 0 Å². The van der Waals surface area contributed by atoms with E-state index in [0.717, 1.165) is 54.9 Å². The molecule has 0 spiro atoms. The second kappa shape index (κ2) is 8.97. The summed E-state index contributed by atoms with van der Waals surface area (Å²) in [5.74, 6) is 2.04. The van der Waals surface area contributed by atoms with Crippen molar-refractivity contribution in [2.75, 3.05) is 45.3 Å². The number of methoxy groups -OCH3 is 2. The molecule has 1 saturated heterocycles. The Labute approximate surface area is 176 Å². The smallest absolute Gasteiger partial charge is 0.240 e. The van der Waals surface area contributed by atoms with Crippen LogP contribution >= 0.6 is 0 Å².